The maximum Gasteiger partial charge on any atom is 0.306 e. The SMILES string of the molecule is C=C1NC(C(CC(=O)OC)C(N)=O)Nc2cccc(SC)c21. The Balaban J connectivity index is 2.29. The molecule has 2 rings (SSSR count). The lowest BCUT2D eigenvalue weighted by Gasteiger charge is -2.35. The molecule has 7 heteroatoms. The summed E-state index contributed by atoms with van der Waals surface area (Å²) in [5.74, 6) is -1.80. The van der Waals surface area contributed by atoms with E-state index in [9.17, 15) is 9.59 Å². The molecule has 1 aromatic carbocycles. The van der Waals surface area contributed by atoms with Crippen LogP contribution in [-0.4, -0.2) is 31.4 Å². The van der Waals surface area contributed by atoms with Crippen LogP contribution in [0.15, 0.2) is 29.7 Å². The van der Waals surface area contributed by atoms with E-state index in [4.69, 9.17) is 5.73 Å². The molecule has 0 bridgehead atoms. The van der Waals surface area contributed by atoms with Gasteiger partial charge in [0, 0.05) is 21.8 Å². The van der Waals surface area contributed by atoms with Crippen molar-refractivity contribution in [2.24, 2.45) is 11.7 Å². The quantitative estimate of drug-likeness (QED) is 0.560. The van der Waals surface area contributed by atoms with Gasteiger partial charge in [-0.25, -0.2) is 0 Å². The number of carbonyl (C=O) groups is 2. The Morgan fingerprint density at radius 1 is 1.45 bits per heavy atom. The molecule has 0 spiro atoms. The van der Waals surface area contributed by atoms with E-state index in [1.807, 2.05) is 24.5 Å². The Morgan fingerprint density at radius 2 is 2.18 bits per heavy atom. The van der Waals surface area contributed by atoms with Crippen LogP contribution in [0.2, 0.25) is 0 Å². The van der Waals surface area contributed by atoms with Gasteiger partial charge in [-0.05, 0) is 18.4 Å². The maximum absolute atomic E-state index is 11.7. The summed E-state index contributed by atoms with van der Waals surface area (Å²) in [6.07, 6.45) is 1.38. The number of rotatable bonds is 5. The summed E-state index contributed by atoms with van der Waals surface area (Å²) < 4.78 is 4.63. The van der Waals surface area contributed by atoms with Gasteiger partial charge in [0.05, 0.1) is 19.4 Å². The molecule has 1 aliphatic rings. The normalized spacial score (nSPS) is 17.7. The molecule has 2 unspecified atom stereocenters. The van der Waals surface area contributed by atoms with Crippen LogP contribution >= 0.6 is 11.8 Å². The standard InChI is InChI=1S/C15H19N3O3S/c1-8-13-10(5-4-6-11(13)22-3)18-15(17-8)9(14(16)20)7-12(19)21-2/h4-6,9,15,17-18H,1,7H2,2-3H3,(H2,16,20). The summed E-state index contributed by atoms with van der Waals surface area (Å²) in [5, 5.41) is 6.35. The number of ether oxygens (including phenoxy) is 1. The first-order valence-corrected chi connectivity index (χ1v) is 7.96. The molecule has 1 heterocycles. The number of nitrogens with one attached hydrogen (secondary N) is 2. The minimum absolute atomic E-state index is 0.0959. The van der Waals surface area contributed by atoms with Gasteiger partial charge in [-0.3, -0.25) is 9.59 Å². The van der Waals surface area contributed by atoms with Crippen LogP contribution in [0, 0.1) is 5.92 Å². The summed E-state index contributed by atoms with van der Waals surface area (Å²) in [6, 6.07) is 5.83. The zero-order valence-corrected chi connectivity index (χ0v) is 13.3. The van der Waals surface area contributed by atoms with Gasteiger partial charge in [-0.15, -0.1) is 11.8 Å². The molecule has 6 nitrogen and oxygen atoms in total. The monoisotopic (exact) mass is 321 g/mol. The second-order valence-electron chi connectivity index (χ2n) is 4.92. The van der Waals surface area contributed by atoms with Crippen LogP contribution in [0.25, 0.3) is 5.70 Å². The van der Waals surface area contributed by atoms with E-state index in [1.165, 1.54) is 7.11 Å². The van der Waals surface area contributed by atoms with Gasteiger partial charge in [-0.1, -0.05) is 12.6 Å². The van der Waals surface area contributed by atoms with Crippen molar-refractivity contribution in [1.29, 1.82) is 0 Å². The number of anilines is 1. The molecular weight excluding hydrogens is 302 g/mol. The zero-order valence-electron chi connectivity index (χ0n) is 12.5. The van der Waals surface area contributed by atoms with Crippen molar-refractivity contribution in [3.8, 4) is 0 Å². The fourth-order valence-corrected chi connectivity index (χ4v) is 3.09. The van der Waals surface area contributed by atoms with Gasteiger partial charge in [0.2, 0.25) is 5.91 Å². The molecule has 0 radical (unpaired) electrons. The van der Waals surface area contributed by atoms with Gasteiger partial charge in [0.25, 0.3) is 0 Å². The van der Waals surface area contributed by atoms with Crippen LogP contribution in [-0.2, 0) is 14.3 Å². The highest BCUT2D eigenvalue weighted by atomic mass is 32.2. The largest absolute Gasteiger partial charge is 0.469 e. The molecule has 118 valence electrons. The van der Waals surface area contributed by atoms with Gasteiger partial charge in [0.1, 0.15) is 6.17 Å². The Kier molecular flexibility index (Phi) is 4.97. The minimum atomic E-state index is -0.740. The molecule has 0 aromatic heterocycles. The molecule has 4 N–H and O–H groups in total. The van der Waals surface area contributed by atoms with E-state index >= 15 is 0 Å². The minimum Gasteiger partial charge on any atom is -0.469 e. The van der Waals surface area contributed by atoms with Crippen molar-refractivity contribution in [3.63, 3.8) is 0 Å². The van der Waals surface area contributed by atoms with Crippen molar-refractivity contribution < 1.29 is 14.3 Å². The summed E-state index contributed by atoms with van der Waals surface area (Å²) >= 11 is 1.61. The Bertz CT molecular complexity index is 618. The molecule has 22 heavy (non-hydrogen) atoms. The average Bonchev–Trinajstić information content (AvgIpc) is 2.50. The average molecular weight is 321 g/mol. The van der Waals surface area contributed by atoms with Crippen molar-refractivity contribution in [2.75, 3.05) is 18.7 Å². The Hall–Kier alpha value is -2.15. The number of nitrogens with two attached hydrogens (primary N) is 1. The molecule has 1 aromatic rings. The van der Waals surface area contributed by atoms with E-state index in [2.05, 4.69) is 21.9 Å². The fraction of sp³-hybridized carbons (Fsp3) is 0.333. The molecule has 2 atom stereocenters. The molecule has 0 saturated heterocycles. The number of benzene rings is 1. The highest BCUT2D eigenvalue weighted by molar-refractivity contribution is 7.98. The molecule has 0 aliphatic carbocycles. The third-order valence-electron chi connectivity index (χ3n) is 3.57. The molecule has 0 saturated carbocycles. The highest BCUT2D eigenvalue weighted by Crippen LogP contribution is 2.35. The molecular formula is C15H19N3O3S. The number of hydrogen-bond acceptors (Lipinski definition) is 6. The van der Waals surface area contributed by atoms with Crippen molar-refractivity contribution in [3.05, 3.63) is 30.3 Å². The second-order valence-corrected chi connectivity index (χ2v) is 5.76. The van der Waals surface area contributed by atoms with Crippen LogP contribution in [0.1, 0.15) is 12.0 Å². The second kappa shape index (κ2) is 6.74. The summed E-state index contributed by atoms with van der Waals surface area (Å²) in [4.78, 5) is 24.3. The van der Waals surface area contributed by atoms with Gasteiger partial charge in [-0.2, -0.15) is 0 Å². The van der Waals surface area contributed by atoms with Gasteiger partial charge in [0.15, 0.2) is 0 Å². The molecule has 1 aliphatic heterocycles. The third kappa shape index (κ3) is 3.19. The van der Waals surface area contributed by atoms with E-state index in [1.54, 1.807) is 11.8 Å². The van der Waals surface area contributed by atoms with E-state index in [-0.39, 0.29) is 6.42 Å². The summed E-state index contributed by atoms with van der Waals surface area (Å²) in [7, 11) is 1.28. The van der Waals surface area contributed by atoms with Crippen LogP contribution in [0.5, 0.6) is 0 Å². The number of fused-ring (bicyclic) bond motifs is 1. The van der Waals surface area contributed by atoms with Gasteiger partial charge >= 0.3 is 5.97 Å². The third-order valence-corrected chi connectivity index (χ3v) is 4.35. The van der Waals surface area contributed by atoms with E-state index in [0.717, 1.165) is 16.1 Å². The predicted octanol–water partition coefficient (Wildman–Crippen LogP) is 1.39. The number of amides is 1. The number of primary amides is 1. The number of thioether (sulfide) groups is 1. The first-order valence-electron chi connectivity index (χ1n) is 6.73. The predicted molar refractivity (Wildman–Crippen MR) is 87.1 cm³/mol. The van der Waals surface area contributed by atoms with Crippen molar-refractivity contribution in [1.82, 2.24) is 5.32 Å². The summed E-state index contributed by atoms with van der Waals surface area (Å²) in [5.41, 5.74) is 7.95. The Labute approximate surface area is 133 Å². The van der Waals surface area contributed by atoms with E-state index in [0.29, 0.717) is 5.70 Å². The first-order chi connectivity index (χ1) is 10.5. The van der Waals surface area contributed by atoms with Crippen LogP contribution in [0.3, 0.4) is 0 Å². The lowest BCUT2D eigenvalue weighted by molar-refractivity contribution is -0.144. The van der Waals surface area contributed by atoms with Gasteiger partial charge < -0.3 is 21.1 Å². The van der Waals surface area contributed by atoms with Crippen LogP contribution in [0.4, 0.5) is 5.69 Å². The number of hydrogen-bond donors (Lipinski definition) is 3. The lowest BCUT2D eigenvalue weighted by Crippen LogP contribution is -2.50. The highest BCUT2D eigenvalue weighted by Gasteiger charge is 2.33. The first kappa shape index (κ1) is 16.2. The van der Waals surface area contributed by atoms with Crippen molar-refractivity contribution >= 4 is 35.0 Å². The molecule has 1 amide bonds. The Morgan fingerprint density at radius 3 is 2.77 bits per heavy atom. The number of methoxy groups -OCH3 is 1. The smallest absolute Gasteiger partial charge is 0.306 e. The van der Waals surface area contributed by atoms with Crippen molar-refractivity contribution in [2.45, 2.75) is 17.5 Å². The maximum atomic E-state index is 11.7. The fourth-order valence-electron chi connectivity index (χ4n) is 2.44. The summed E-state index contributed by atoms with van der Waals surface area (Å²) in [6.45, 7) is 4.02. The lowest BCUT2D eigenvalue weighted by atomic mass is 9.96. The zero-order chi connectivity index (χ0) is 16.3. The molecule has 0 fully saturated rings. The van der Waals surface area contributed by atoms with Crippen LogP contribution < -0.4 is 16.4 Å². The number of esters is 1. The topological polar surface area (TPSA) is 93.4 Å². The van der Waals surface area contributed by atoms with E-state index < -0.39 is 24.0 Å². The number of carbonyl (C=O) groups excluding carboxylic acids is 2.